The van der Waals surface area contributed by atoms with E-state index in [0.29, 0.717) is 0 Å². The Morgan fingerprint density at radius 2 is 1.21 bits per heavy atom. The third-order valence-corrected chi connectivity index (χ3v) is 8.51. The zero-order valence-electron chi connectivity index (χ0n) is 23.5. The SMILES string of the molecule is Cc1cccc(C)c1-c1cccc2c3ccc(Oc4ccc5c6cncnc6n6ccnc6c5c4)cc3c3nccn3c12. The van der Waals surface area contributed by atoms with Crippen LogP contribution in [0.5, 0.6) is 11.5 Å². The number of pyridine rings is 2. The van der Waals surface area contributed by atoms with Gasteiger partial charge in [-0.1, -0.05) is 36.4 Å². The van der Waals surface area contributed by atoms with Gasteiger partial charge in [-0.05, 0) is 77.7 Å². The van der Waals surface area contributed by atoms with Gasteiger partial charge in [-0.25, -0.2) is 19.9 Å². The molecule has 0 spiro atoms. The van der Waals surface area contributed by atoms with E-state index in [2.05, 4.69) is 94.0 Å². The van der Waals surface area contributed by atoms with E-state index in [9.17, 15) is 0 Å². The molecule has 0 N–H and O–H groups in total. The topological polar surface area (TPSA) is 69.6 Å². The van der Waals surface area contributed by atoms with Crippen LogP contribution < -0.4 is 4.74 Å². The molecule has 0 bridgehead atoms. The van der Waals surface area contributed by atoms with E-state index in [0.717, 1.165) is 60.9 Å². The van der Waals surface area contributed by atoms with Crippen LogP contribution in [0.3, 0.4) is 0 Å². The number of hydrogen-bond acceptors (Lipinski definition) is 5. The summed E-state index contributed by atoms with van der Waals surface area (Å²) in [5.41, 5.74) is 8.70. The summed E-state index contributed by atoms with van der Waals surface area (Å²) in [5, 5.41) is 6.32. The summed E-state index contributed by atoms with van der Waals surface area (Å²) < 4.78 is 10.7. The quantitative estimate of drug-likeness (QED) is 0.204. The number of imidazole rings is 2. The Hall–Kier alpha value is -5.82. The van der Waals surface area contributed by atoms with E-state index in [1.165, 1.54) is 27.6 Å². The first-order valence-electron chi connectivity index (χ1n) is 14.2. The molecule has 4 aromatic carbocycles. The predicted molar refractivity (Wildman–Crippen MR) is 171 cm³/mol. The van der Waals surface area contributed by atoms with Crippen molar-refractivity contribution in [3.63, 3.8) is 0 Å². The van der Waals surface area contributed by atoms with Gasteiger partial charge in [0.15, 0.2) is 0 Å². The van der Waals surface area contributed by atoms with Gasteiger partial charge in [-0.3, -0.25) is 8.80 Å². The van der Waals surface area contributed by atoms with E-state index in [1.807, 2.05) is 41.2 Å². The molecule has 0 saturated carbocycles. The Balaban J connectivity index is 1.22. The smallest absolute Gasteiger partial charge is 0.149 e. The van der Waals surface area contributed by atoms with E-state index in [4.69, 9.17) is 9.72 Å². The van der Waals surface area contributed by atoms with Gasteiger partial charge in [0.1, 0.15) is 34.8 Å². The first kappa shape index (κ1) is 23.8. The minimum absolute atomic E-state index is 0.727. The number of benzene rings is 4. The van der Waals surface area contributed by atoms with Crippen molar-refractivity contribution in [1.82, 2.24) is 28.7 Å². The van der Waals surface area contributed by atoms with Crippen LogP contribution in [-0.4, -0.2) is 28.7 Å². The van der Waals surface area contributed by atoms with Crippen LogP contribution >= 0.6 is 0 Å². The van der Waals surface area contributed by atoms with Gasteiger partial charge in [0, 0.05) is 58.1 Å². The number of aromatic nitrogens is 6. The molecule has 0 radical (unpaired) electrons. The minimum atomic E-state index is 0.727. The van der Waals surface area contributed by atoms with Gasteiger partial charge < -0.3 is 4.74 Å². The van der Waals surface area contributed by atoms with Gasteiger partial charge in [0.2, 0.25) is 0 Å². The zero-order valence-corrected chi connectivity index (χ0v) is 23.5. The van der Waals surface area contributed by atoms with Crippen LogP contribution in [0.25, 0.3) is 65.9 Å². The van der Waals surface area contributed by atoms with Crippen molar-refractivity contribution in [1.29, 1.82) is 0 Å². The van der Waals surface area contributed by atoms with Crippen molar-refractivity contribution >= 4 is 54.8 Å². The Morgan fingerprint density at radius 1 is 0.581 bits per heavy atom. The van der Waals surface area contributed by atoms with E-state index in [-0.39, 0.29) is 0 Å². The molecule has 0 saturated heterocycles. The Bertz CT molecular complexity index is 2560. The number of fused-ring (bicyclic) bond motifs is 12. The number of hydrogen-bond donors (Lipinski definition) is 0. The average molecular weight is 557 g/mol. The van der Waals surface area contributed by atoms with Gasteiger partial charge in [-0.2, -0.15) is 0 Å². The summed E-state index contributed by atoms with van der Waals surface area (Å²) in [6.45, 7) is 4.36. The fourth-order valence-electron chi connectivity index (χ4n) is 6.67. The average Bonchev–Trinajstić information content (AvgIpc) is 3.72. The summed E-state index contributed by atoms with van der Waals surface area (Å²) in [6, 6.07) is 25.4. The second-order valence-corrected chi connectivity index (χ2v) is 11.0. The molecule has 0 amide bonds. The largest absolute Gasteiger partial charge is 0.457 e. The molecule has 43 heavy (non-hydrogen) atoms. The first-order valence-corrected chi connectivity index (χ1v) is 14.2. The summed E-state index contributed by atoms with van der Waals surface area (Å²) in [6.07, 6.45) is 11.0. The lowest BCUT2D eigenvalue weighted by Gasteiger charge is -2.16. The number of rotatable bonds is 3. The normalized spacial score (nSPS) is 12.0. The highest BCUT2D eigenvalue weighted by atomic mass is 16.5. The highest BCUT2D eigenvalue weighted by molar-refractivity contribution is 6.15. The van der Waals surface area contributed by atoms with Crippen molar-refractivity contribution in [2.45, 2.75) is 13.8 Å². The Morgan fingerprint density at radius 3 is 1.95 bits per heavy atom. The maximum absolute atomic E-state index is 6.49. The lowest BCUT2D eigenvalue weighted by Crippen LogP contribution is -1.96. The van der Waals surface area contributed by atoms with Gasteiger partial charge in [0.25, 0.3) is 0 Å². The molecule has 9 aromatic rings. The third-order valence-electron chi connectivity index (χ3n) is 8.51. The molecule has 7 heteroatoms. The van der Waals surface area contributed by atoms with E-state index in [1.54, 1.807) is 12.5 Å². The van der Waals surface area contributed by atoms with Gasteiger partial charge in [-0.15, -0.1) is 0 Å². The number of para-hydroxylation sites is 1. The Labute approximate surface area is 245 Å². The molecular weight excluding hydrogens is 532 g/mol. The molecule has 9 rings (SSSR count). The van der Waals surface area contributed by atoms with E-state index >= 15 is 0 Å². The Kier molecular flexibility index (Phi) is 4.90. The fourth-order valence-corrected chi connectivity index (χ4v) is 6.67. The summed E-state index contributed by atoms with van der Waals surface area (Å²) >= 11 is 0. The van der Waals surface area contributed by atoms with Crippen LogP contribution in [0.4, 0.5) is 0 Å². The lowest BCUT2D eigenvalue weighted by atomic mass is 9.92. The number of nitrogens with zero attached hydrogens (tertiary/aromatic N) is 6. The molecule has 204 valence electrons. The second-order valence-electron chi connectivity index (χ2n) is 11.0. The van der Waals surface area contributed by atoms with Crippen molar-refractivity contribution in [2.24, 2.45) is 0 Å². The lowest BCUT2D eigenvalue weighted by molar-refractivity contribution is 0.484. The fraction of sp³-hybridized carbons (Fsp3) is 0.0556. The third kappa shape index (κ3) is 3.42. The van der Waals surface area contributed by atoms with Crippen molar-refractivity contribution in [3.05, 3.63) is 121 Å². The maximum Gasteiger partial charge on any atom is 0.149 e. The highest BCUT2D eigenvalue weighted by Gasteiger charge is 2.17. The molecule has 5 aromatic heterocycles. The van der Waals surface area contributed by atoms with Gasteiger partial charge >= 0.3 is 0 Å². The standard InChI is InChI=1S/C36H24N6O/c1-21-5-3-6-22(2)32(21)28-8-4-7-27-25-11-9-23(17-29(25)34-38-13-15-41(34)33(27)28)43-24-10-12-26-30(18-24)35-39-14-16-42(35)36-31(26)19-37-20-40-36/h3-20H,1-2H3. The second kappa shape index (κ2) is 8.84. The van der Waals surface area contributed by atoms with Gasteiger partial charge in [0.05, 0.1) is 5.52 Å². The molecule has 0 aliphatic rings. The van der Waals surface area contributed by atoms with Crippen LogP contribution in [0.2, 0.25) is 0 Å². The molecule has 5 heterocycles. The monoisotopic (exact) mass is 556 g/mol. The van der Waals surface area contributed by atoms with Crippen molar-refractivity contribution < 1.29 is 4.74 Å². The molecule has 0 aliphatic carbocycles. The molecule has 0 aliphatic heterocycles. The van der Waals surface area contributed by atoms with Crippen molar-refractivity contribution in [2.75, 3.05) is 0 Å². The molecule has 7 nitrogen and oxygen atoms in total. The molecule has 0 atom stereocenters. The summed E-state index contributed by atoms with van der Waals surface area (Å²) in [4.78, 5) is 18.2. The zero-order chi connectivity index (χ0) is 28.7. The van der Waals surface area contributed by atoms with Crippen LogP contribution in [0, 0.1) is 13.8 Å². The number of aryl methyl sites for hydroxylation is 2. The molecule has 0 fully saturated rings. The molecular formula is C36H24N6O. The maximum atomic E-state index is 6.49. The highest BCUT2D eigenvalue weighted by Crippen LogP contribution is 2.39. The molecule has 0 unspecified atom stereocenters. The number of ether oxygens (including phenoxy) is 1. The van der Waals surface area contributed by atoms with Crippen molar-refractivity contribution in [3.8, 4) is 22.6 Å². The van der Waals surface area contributed by atoms with Crippen LogP contribution in [0.1, 0.15) is 11.1 Å². The van der Waals surface area contributed by atoms with E-state index < -0.39 is 0 Å². The summed E-state index contributed by atoms with van der Waals surface area (Å²) in [7, 11) is 0. The predicted octanol–water partition coefficient (Wildman–Crippen LogP) is 8.46. The van der Waals surface area contributed by atoms with Crippen LogP contribution in [-0.2, 0) is 0 Å². The van der Waals surface area contributed by atoms with Crippen LogP contribution in [0.15, 0.2) is 110 Å². The summed E-state index contributed by atoms with van der Waals surface area (Å²) in [5.74, 6) is 1.47. The minimum Gasteiger partial charge on any atom is -0.457 e. The first-order chi connectivity index (χ1) is 21.2.